The van der Waals surface area contributed by atoms with Gasteiger partial charge >= 0.3 is 0 Å². The van der Waals surface area contributed by atoms with Gasteiger partial charge in [0.05, 0.1) is 30.4 Å². The van der Waals surface area contributed by atoms with Crippen LogP contribution in [0.4, 0.5) is 23.1 Å². The largest absolute Gasteiger partial charge is 0.378 e. The van der Waals surface area contributed by atoms with Crippen molar-refractivity contribution >= 4 is 45.1 Å². The smallest absolute Gasteiger partial charge is 0.254 e. The number of para-hydroxylation sites is 1. The van der Waals surface area contributed by atoms with Crippen molar-refractivity contribution in [2.24, 2.45) is 4.99 Å². The van der Waals surface area contributed by atoms with Crippen LogP contribution in [0, 0.1) is 0 Å². The molecule has 2 aromatic carbocycles. The van der Waals surface area contributed by atoms with E-state index in [-0.39, 0.29) is 5.91 Å². The molecule has 1 amide bonds. The molecule has 0 radical (unpaired) electrons. The Kier molecular flexibility index (Phi) is 7.75. The molecule has 1 aromatic heterocycles. The van der Waals surface area contributed by atoms with Gasteiger partial charge in [-0.25, -0.2) is 8.42 Å². The van der Waals surface area contributed by atoms with E-state index >= 15 is 0 Å². The minimum Gasteiger partial charge on any atom is -0.378 e. The summed E-state index contributed by atoms with van der Waals surface area (Å²) in [6.45, 7) is 3.29. The van der Waals surface area contributed by atoms with Crippen molar-refractivity contribution in [2.45, 2.75) is 13.0 Å². The lowest BCUT2D eigenvalue weighted by molar-refractivity contribution is 0.0303. The fraction of sp³-hybridized carbons (Fsp3) is 0.333. The number of hydrogen-bond acceptors (Lipinski definition) is 9. The van der Waals surface area contributed by atoms with Gasteiger partial charge < -0.3 is 20.3 Å². The summed E-state index contributed by atoms with van der Waals surface area (Å²) in [6, 6.07) is 14.5. The Morgan fingerprint density at radius 3 is 2.56 bits per heavy atom. The van der Waals surface area contributed by atoms with E-state index in [4.69, 9.17) is 9.72 Å². The molecule has 1 saturated heterocycles. The number of amides is 1. The second-order valence-corrected chi connectivity index (χ2v) is 11.3. The Bertz CT molecular complexity index is 1590. The number of aromatic nitrogens is 2. The van der Waals surface area contributed by atoms with Crippen LogP contribution in [-0.2, 0) is 21.3 Å². The normalized spacial score (nSPS) is 15.0. The predicted octanol–water partition coefficient (Wildman–Crippen LogP) is 1.50. The fourth-order valence-electron chi connectivity index (χ4n) is 4.44. The zero-order chi connectivity index (χ0) is 27.4. The molecular formula is C27H31N7O4S. The number of benzene rings is 2. The first-order valence-electron chi connectivity index (χ1n) is 12.7. The highest BCUT2D eigenvalue weighted by Gasteiger charge is 2.19. The van der Waals surface area contributed by atoms with E-state index in [0.717, 1.165) is 22.9 Å². The van der Waals surface area contributed by atoms with E-state index in [9.17, 15) is 13.2 Å². The van der Waals surface area contributed by atoms with Crippen LogP contribution in [0.1, 0.15) is 22.3 Å². The molecule has 39 heavy (non-hydrogen) atoms. The molecule has 11 nitrogen and oxygen atoms in total. The van der Waals surface area contributed by atoms with Gasteiger partial charge in [-0.05, 0) is 42.3 Å². The lowest BCUT2D eigenvalue weighted by atomic mass is 10.1. The van der Waals surface area contributed by atoms with E-state index < -0.39 is 10.0 Å². The van der Waals surface area contributed by atoms with E-state index in [2.05, 4.69) is 26.7 Å². The Morgan fingerprint density at radius 1 is 1.08 bits per heavy atom. The summed E-state index contributed by atoms with van der Waals surface area (Å²) < 4.78 is 30.9. The Balaban J connectivity index is 1.37. The minimum atomic E-state index is -3.41. The summed E-state index contributed by atoms with van der Waals surface area (Å²) in [4.78, 5) is 28.4. The third-order valence-corrected chi connectivity index (χ3v) is 7.82. The van der Waals surface area contributed by atoms with Gasteiger partial charge in [0.2, 0.25) is 16.0 Å². The van der Waals surface area contributed by atoms with Crippen LogP contribution in [0.5, 0.6) is 0 Å². The molecule has 3 aromatic rings. The quantitative estimate of drug-likeness (QED) is 0.433. The number of fused-ring (bicyclic) bond motifs is 1. The molecule has 0 unspecified atom stereocenters. The van der Waals surface area contributed by atoms with Gasteiger partial charge in [0, 0.05) is 44.5 Å². The molecule has 0 bridgehead atoms. The minimum absolute atomic E-state index is 0.0162. The van der Waals surface area contributed by atoms with Crippen LogP contribution >= 0.6 is 0 Å². The van der Waals surface area contributed by atoms with Crippen LogP contribution in [0.2, 0.25) is 0 Å². The van der Waals surface area contributed by atoms with Crippen molar-refractivity contribution in [3.8, 4) is 0 Å². The number of carbonyl (C=O) groups is 1. The average molecular weight is 550 g/mol. The topological polar surface area (TPSA) is 129 Å². The molecule has 0 atom stereocenters. The number of nitrogens with one attached hydrogen (secondary N) is 2. The molecule has 2 N–H and O–H groups in total. The van der Waals surface area contributed by atoms with Crippen molar-refractivity contribution in [3.05, 3.63) is 70.4 Å². The van der Waals surface area contributed by atoms with Crippen molar-refractivity contribution in [2.75, 3.05) is 61.1 Å². The molecule has 0 saturated carbocycles. The molecular weight excluding hydrogens is 518 g/mol. The Labute approximate surface area is 227 Å². The molecule has 5 rings (SSSR count). The molecule has 204 valence electrons. The maximum atomic E-state index is 12.7. The number of morpholine rings is 1. The zero-order valence-corrected chi connectivity index (χ0v) is 22.7. The van der Waals surface area contributed by atoms with Crippen molar-refractivity contribution in [1.29, 1.82) is 0 Å². The number of hydrogen-bond donors (Lipinski definition) is 2. The van der Waals surface area contributed by atoms with Gasteiger partial charge in [0.1, 0.15) is 5.82 Å². The second-order valence-electron chi connectivity index (χ2n) is 9.33. The fourth-order valence-corrected chi connectivity index (χ4v) is 4.97. The highest BCUT2D eigenvalue weighted by Crippen LogP contribution is 2.22. The monoisotopic (exact) mass is 549 g/mol. The number of carbonyl (C=O) groups excluding carboxylic acids is 1. The standard InChI is InChI=1S/C27H31N7O4S/c1-33(39(2,36)37)23-8-4-3-6-20(23)18-29-25-22-7-5-13-28-24(22)31-27(32-25)30-21-11-9-19(10-12-21)26(35)34-14-16-38-17-15-34/h3-4,6-12H,5,13-18H2,1-2H3,(H2,28,29,30,31,32). The first-order valence-corrected chi connectivity index (χ1v) is 14.6. The van der Waals surface area contributed by atoms with Gasteiger partial charge in [-0.1, -0.05) is 24.3 Å². The number of anilines is 4. The van der Waals surface area contributed by atoms with Gasteiger partial charge in [0.25, 0.3) is 5.91 Å². The van der Waals surface area contributed by atoms with Crippen LogP contribution in [0.15, 0.2) is 53.5 Å². The van der Waals surface area contributed by atoms with Gasteiger partial charge in [-0.15, -0.1) is 0 Å². The third kappa shape index (κ3) is 6.18. The van der Waals surface area contributed by atoms with E-state index in [1.54, 1.807) is 23.1 Å². The van der Waals surface area contributed by atoms with E-state index in [1.165, 1.54) is 17.6 Å². The van der Waals surface area contributed by atoms with Crippen LogP contribution in [0.3, 0.4) is 0 Å². The number of ether oxygens (including phenoxy) is 1. The Morgan fingerprint density at radius 2 is 1.82 bits per heavy atom. The SMILES string of the molecule is CN(c1ccccc1CNc1nc(Nc2ccc(C(=O)N3CCOCC3)cc2)nc2c1=CCCN=2)S(C)(=O)=O. The zero-order valence-electron chi connectivity index (χ0n) is 21.9. The number of rotatable bonds is 8. The van der Waals surface area contributed by atoms with Gasteiger partial charge in [0.15, 0.2) is 5.49 Å². The number of nitrogens with zero attached hydrogens (tertiary/aromatic N) is 5. The first-order chi connectivity index (χ1) is 18.8. The lowest BCUT2D eigenvalue weighted by Gasteiger charge is -2.26. The summed E-state index contributed by atoms with van der Waals surface area (Å²) in [5.41, 5.74) is 3.33. The molecule has 3 heterocycles. The summed E-state index contributed by atoms with van der Waals surface area (Å²) in [7, 11) is -1.88. The molecule has 1 fully saturated rings. The average Bonchev–Trinajstić information content (AvgIpc) is 2.95. The molecule has 0 spiro atoms. The van der Waals surface area contributed by atoms with E-state index in [1.807, 2.05) is 30.3 Å². The summed E-state index contributed by atoms with van der Waals surface area (Å²) in [5, 5.41) is 7.39. The second kappa shape index (κ2) is 11.4. The third-order valence-electron chi connectivity index (χ3n) is 6.63. The van der Waals surface area contributed by atoms with Crippen LogP contribution < -0.4 is 25.6 Å². The summed E-state index contributed by atoms with van der Waals surface area (Å²) >= 11 is 0. The lowest BCUT2D eigenvalue weighted by Crippen LogP contribution is -2.40. The first kappa shape index (κ1) is 26.6. The predicted molar refractivity (Wildman–Crippen MR) is 150 cm³/mol. The summed E-state index contributed by atoms with van der Waals surface area (Å²) in [5.74, 6) is 0.948. The maximum absolute atomic E-state index is 12.7. The van der Waals surface area contributed by atoms with Crippen molar-refractivity contribution in [1.82, 2.24) is 14.9 Å². The highest BCUT2D eigenvalue weighted by atomic mass is 32.2. The van der Waals surface area contributed by atoms with Crippen LogP contribution in [-0.4, -0.2) is 75.3 Å². The van der Waals surface area contributed by atoms with Crippen LogP contribution in [0.25, 0.3) is 6.08 Å². The highest BCUT2D eigenvalue weighted by molar-refractivity contribution is 7.92. The molecule has 0 aliphatic carbocycles. The van der Waals surface area contributed by atoms with E-state index in [0.29, 0.717) is 67.9 Å². The Hall–Kier alpha value is -4.03. The van der Waals surface area contributed by atoms with Gasteiger partial charge in [-0.3, -0.25) is 14.1 Å². The molecule has 2 aliphatic heterocycles. The van der Waals surface area contributed by atoms with Gasteiger partial charge in [-0.2, -0.15) is 9.97 Å². The molecule has 12 heteroatoms. The van der Waals surface area contributed by atoms with Crippen molar-refractivity contribution in [3.63, 3.8) is 0 Å². The number of sulfonamides is 1. The summed E-state index contributed by atoms with van der Waals surface area (Å²) in [6.07, 6.45) is 4.01. The van der Waals surface area contributed by atoms with Crippen molar-refractivity contribution < 1.29 is 17.9 Å². The molecule has 2 aliphatic rings. The maximum Gasteiger partial charge on any atom is 0.254 e.